The first-order valence-electron chi connectivity index (χ1n) is 6.38. The SMILES string of the molecule is Cc1ccc(C)c(C(Cc2ccc(Br)cc2)NN)c1. The van der Waals surface area contributed by atoms with Gasteiger partial charge in [-0.1, -0.05) is 51.8 Å². The molecule has 0 aliphatic heterocycles. The molecule has 100 valence electrons. The summed E-state index contributed by atoms with van der Waals surface area (Å²) < 4.78 is 1.10. The zero-order chi connectivity index (χ0) is 13.8. The molecule has 0 amide bonds. The normalized spacial score (nSPS) is 12.4. The molecule has 2 nitrogen and oxygen atoms in total. The Labute approximate surface area is 123 Å². The molecule has 1 unspecified atom stereocenters. The molecule has 0 aromatic heterocycles. The largest absolute Gasteiger partial charge is 0.271 e. The molecule has 0 heterocycles. The van der Waals surface area contributed by atoms with Crippen molar-refractivity contribution >= 4 is 15.9 Å². The zero-order valence-electron chi connectivity index (χ0n) is 11.3. The lowest BCUT2D eigenvalue weighted by Gasteiger charge is -2.19. The van der Waals surface area contributed by atoms with Gasteiger partial charge in [0.2, 0.25) is 0 Å². The maximum atomic E-state index is 5.74. The van der Waals surface area contributed by atoms with Crippen LogP contribution in [0.5, 0.6) is 0 Å². The predicted octanol–water partition coefficient (Wildman–Crippen LogP) is 3.81. The van der Waals surface area contributed by atoms with Crippen LogP contribution in [0.3, 0.4) is 0 Å². The van der Waals surface area contributed by atoms with Crippen molar-refractivity contribution in [2.24, 2.45) is 5.84 Å². The number of hydrazine groups is 1. The summed E-state index contributed by atoms with van der Waals surface area (Å²) in [7, 11) is 0. The highest BCUT2D eigenvalue weighted by Crippen LogP contribution is 2.23. The predicted molar refractivity (Wildman–Crippen MR) is 83.8 cm³/mol. The number of aryl methyl sites for hydroxylation is 2. The molecule has 0 aliphatic rings. The van der Waals surface area contributed by atoms with E-state index in [9.17, 15) is 0 Å². The summed E-state index contributed by atoms with van der Waals surface area (Å²) in [5, 5.41) is 0. The average molecular weight is 319 g/mol. The second-order valence-corrected chi connectivity index (χ2v) is 5.83. The van der Waals surface area contributed by atoms with Gasteiger partial charge in [0.05, 0.1) is 6.04 Å². The van der Waals surface area contributed by atoms with Crippen LogP contribution in [0.15, 0.2) is 46.9 Å². The van der Waals surface area contributed by atoms with Crippen LogP contribution < -0.4 is 11.3 Å². The highest BCUT2D eigenvalue weighted by atomic mass is 79.9. The van der Waals surface area contributed by atoms with E-state index < -0.39 is 0 Å². The molecule has 19 heavy (non-hydrogen) atoms. The molecule has 1 atom stereocenters. The molecule has 2 rings (SSSR count). The topological polar surface area (TPSA) is 38.0 Å². The average Bonchev–Trinajstić information content (AvgIpc) is 2.41. The molecule has 0 spiro atoms. The summed E-state index contributed by atoms with van der Waals surface area (Å²) in [6, 6.07) is 15.0. The second kappa shape index (κ2) is 6.33. The van der Waals surface area contributed by atoms with Crippen LogP contribution in [0.1, 0.15) is 28.3 Å². The Morgan fingerprint density at radius 3 is 2.42 bits per heavy atom. The first kappa shape index (κ1) is 14.3. The van der Waals surface area contributed by atoms with Crippen molar-refractivity contribution in [3.8, 4) is 0 Å². The molecule has 0 saturated heterocycles. The lowest BCUT2D eigenvalue weighted by molar-refractivity contribution is 0.549. The molecular weight excluding hydrogens is 300 g/mol. The highest BCUT2D eigenvalue weighted by molar-refractivity contribution is 9.10. The van der Waals surface area contributed by atoms with Crippen molar-refractivity contribution in [3.63, 3.8) is 0 Å². The van der Waals surface area contributed by atoms with Crippen molar-refractivity contribution in [2.45, 2.75) is 26.3 Å². The van der Waals surface area contributed by atoms with Gasteiger partial charge in [-0.25, -0.2) is 0 Å². The van der Waals surface area contributed by atoms with E-state index in [1.165, 1.54) is 22.3 Å². The summed E-state index contributed by atoms with van der Waals surface area (Å²) in [4.78, 5) is 0. The molecule has 0 radical (unpaired) electrons. The maximum Gasteiger partial charge on any atom is 0.0503 e. The third-order valence-electron chi connectivity index (χ3n) is 3.36. The molecule has 0 bridgehead atoms. The molecule has 2 aromatic rings. The van der Waals surface area contributed by atoms with Crippen LogP contribution in [0.25, 0.3) is 0 Å². The lowest BCUT2D eigenvalue weighted by Crippen LogP contribution is -2.30. The maximum absolute atomic E-state index is 5.74. The zero-order valence-corrected chi connectivity index (χ0v) is 12.9. The highest BCUT2D eigenvalue weighted by Gasteiger charge is 2.13. The Morgan fingerprint density at radius 2 is 1.79 bits per heavy atom. The van der Waals surface area contributed by atoms with E-state index in [2.05, 4.69) is 77.7 Å². The fraction of sp³-hybridized carbons (Fsp3) is 0.250. The standard InChI is InChI=1S/C16H19BrN2/c1-11-3-4-12(2)15(9-11)16(19-18)10-13-5-7-14(17)8-6-13/h3-9,16,19H,10,18H2,1-2H3. The van der Waals surface area contributed by atoms with E-state index in [1.54, 1.807) is 0 Å². The molecule has 3 N–H and O–H groups in total. The van der Waals surface area contributed by atoms with Crippen molar-refractivity contribution in [2.75, 3.05) is 0 Å². The number of benzene rings is 2. The first-order chi connectivity index (χ1) is 9.10. The van der Waals surface area contributed by atoms with Gasteiger partial charge in [-0.2, -0.15) is 0 Å². The Bertz CT molecular complexity index is 549. The van der Waals surface area contributed by atoms with E-state index >= 15 is 0 Å². The van der Waals surface area contributed by atoms with Gasteiger partial charge in [0, 0.05) is 4.47 Å². The Hall–Kier alpha value is -1.16. The van der Waals surface area contributed by atoms with Gasteiger partial charge in [-0.15, -0.1) is 0 Å². The molecule has 3 heteroatoms. The minimum Gasteiger partial charge on any atom is -0.271 e. The molecule has 0 aliphatic carbocycles. The molecule has 0 fully saturated rings. The summed E-state index contributed by atoms with van der Waals surface area (Å²) in [6.45, 7) is 4.23. The summed E-state index contributed by atoms with van der Waals surface area (Å²) >= 11 is 3.45. The van der Waals surface area contributed by atoms with E-state index in [-0.39, 0.29) is 6.04 Å². The number of nitrogens with one attached hydrogen (secondary N) is 1. The number of halogens is 1. The third-order valence-corrected chi connectivity index (χ3v) is 3.89. The van der Waals surface area contributed by atoms with Crippen molar-refractivity contribution in [3.05, 3.63) is 69.2 Å². The third kappa shape index (κ3) is 3.66. The monoisotopic (exact) mass is 318 g/mol. The van der Waals surface area contributed by atoms with Gasteiger partial charge in [0.1, 0.15) is 0 Å². The molecule has 0 saturated carbocycles. The first-order valence-corrected chi connectivity index (χ1v) is 7.17. The van der Waals surface area contributed by atoms with Gasteiger partial charge in [-0.3, -0.25) is 11.3 Å². The van der Waals surface area contributed by atoms with Gasteiger partial charge in [0.25, 0.3) is 0 Å². The van der Waals surface area contributed by atoms with Gasteiger partial charge in [-0.05, 0) is 49.1 Å². The van der Waals surface area contributed by atoms with Gasteiger partial charge in [0.15, 0.2) is 0 Å². The summed E-state index contributed by atoms with van der Waals surface area (Å²) in [6.07, 6.45) is 0.883. The Kier molecular flexibility index (Phi) is 4.75. The minimum atomic E-state index is 0.140. The quantitative estimate of drug-likeness (QED) is 0.664. The van der Waals surface area contributed by atoms with Crippen LogP contribution in [0.4, 0.5) is 0 Å². The second-order valence-electron chi connectivity index (χ2n) is 4.91. The van der Waals surface area contributed by atoms with Crippen LogP contribution in [-0.4, -0.2) is 0 Å². The lowest BCUT2D eigenvalue weighted by atomic mass is 9.94. The van der Waals surface area contributed by atoms with Crippen molar-refractivity contribution in [1.82, 2.24) is 5.43 Å². The number of nitrogens with two attached hydrogens (primary N) is 1. The summed E-state index contributed by atoms with van der Waals surface area (Å²) in [5.41, 5.74) is 8.01. The van der Waals surface area contributed by atoms with Crippen LogP contribution >= 0.6 is 15.9 Å². The van der Waals surface area contributed by atoms with E-state index in [1.807, 2.05) is 0 Å². The van der Waals surface area contributed by atoms with Gasteiger partial charge >= 0.3 is 0 Å². The number of rotatable bonds is 4. The smallest absolute Gasteiger partial charge is 0.0503 e. The fourth-order valence-corrected chi connectivity index (χ4v) is 2.51. The summed E-state index contributed by atoms with van der Waals surface area (Å²) in [5.74, 6) is 5.74. The van der Waals surface area contributed by atoms with E-state index in [4.69, 9.17) is 5.84 Å². The number of hydrogen-bond donors (Lipinski definition) is 2. The van der Waals surface area contributed by atoms with Crippen LogP contribution in [-0.2, 0) is 6.42 Å². The molecular formula is C16H19BrN2. The van der Waals surface area contributed by atoms with E-state index in [0.717, 1.165) is 10.9 Å². The number of hydrogen-bond acceptors (Lipinski definition) is 2. The minimum absolute atomic E-state index is 0.140. The van der Waals surface area contributed by atoms with E-state index in [0.29, 0.717) is 0 Å². The Morgan fingerprint density at radius 1 is 1.11 bits per heavy atom. The molecule has 2 aromatic carbocycles. The van der Waals surface area contributed by atoms with Gasteiger partial charge < -0.3 is 0 Å². The Balaban J connectivity index is 2.24. The van der Waals surface area contributed by atoms with Crippen molar-refractivity contribution in [1.29, 1.82) is 0 Å². The van der Waals surface area contributed by atoms with Crippen molar-refractivity contribution < 1.29 is 0 Å². The van der Waals surface area contributed by atoms with Crippen LogP contribution in [0, 0.1) is 13.8 Å². The van der Waals surface area contributed by atoms with Crippen LogP contribution in [0.2, 0.25) is 0 Å². The fourth-order valence-electron chi connectivity index (χ4n) is 2.25.